The lowest BCUT2D eigenvalue weighted by Gasteiger charge is -2.15. The van der Waals surface area contributed by atoms with Gasteiger partial charge in [0.05, 0.1) is 12.7 Å². The van der Waals surface area contributed by atoms with Gasteiger partial charge in [0, 0.05) is 10.0 Å². The van der Waals surface area contributed by atoms with Crippen molar-refractivity contribution in [3.8, 4) is 0 Å². The smallest absolute Gasteiger partial charge is 0.129 e. The number of halogens is 2. The normalized spacial score (nSPS) is 13.1. The maximum Gasteiger partial charge on any atom is 0.129 e. The first-order valence-corrected chi connectivity index (χ1v) is 6.34. The van der Waals surface area contributed by atoms with Crippen molar-refractivity contribution in [3.05, 3.63) is 34.1 Å². The zero-order chi connectivity index (χ0) is 12.1. The summed E-state index contributed by atoms with van der Waals surface area (Å²) < 4.78 is 19.8. The number of rotatable bonds is 5. The van der Waals surface area contributed by atoms with Crippen LogP contribution in [0.25, 0.3) is 0 Å². The molecule has 0 amide bonds. The Morgan fingerprint density at radius 3 is 2.56 bits per heavy atom. The molecule has 0 radical (unpaired) electrons. The quantitative estimate of drug-likeness (QED) is 0.773. The van der Waals surface area contributed by atoms with Gasteiger partial charge < -0.3 is 4.74 Å². The minimum Gasteiger partial charge on any atom is -0.374 e. The van der Waals surface area contributed by atoms with Crippen LogP contribution < -0.4 is 0 Å². The van der Waals surface area contributed by atoms with Crippen molar-refractivity contribution in [1.82, 2.24) is 0 Å². The van der Waals surface area contributed by atoms with Crippen LogP contribution in [0.4, 0.5) is 4.39 Å². The number of benzene rings is 1. The fraction of sp³-hybridized carbons (Fsp3) is 0.538. The Morgan fingerprint density at radius 1 is 1.31 bits per heavy atom. The van der Waals surface area contributed by atoms with Gasteiger partial charge >= 0.3 is 0 Å². The first-order chi connectivity index (χ1) is 7.49. The monoisotopic (exact) mass is 288 g/mol. The van der Waals surface area contributed by atoms with E-state index in [1.165, 1.54) is 6.07 Å². The molecule has 0 aromatic heterocycles. The molecule has 0 saturated heterocycles. The average Bonchev–Trinajstić information content (AvgIpc) is 2.15. The second-order valence-corrected chi connectivity index (χ2v) is 5.40. The summed E-state index contributed by atoms with van der Waals surface area (Å²) in [6, 6.07) is 5.04. The van der Waals surface area contributed by atoms with Crippen LogP contribution in [0.1, 0.15) is 32.8 Å². The molecule has 0 aliphatic rings. The van der Waals surface area contributed by atoms with E-state index in [0.29, 0.717) is 18.1 Å². The summed E-state index contributed by atoms with van der Waals surface area (Å²) in [5.74, 6) is 0.385. The number of hydrogen-bond acceptors (Lipinski definition) is 1. The highest BCUT2D eigenvalue weighted by molar-refractivity contribution is 9.10. The van der Waals surface area contributed by atoms with Crippen molar-refractivity contribution in [2.75, 3.05) is 0 Å². The summed E-state index contributed by atoms with van der Waals surface area (Å²) in [5.41, 5.74) is 0.610. The van der Waals surface area contributed by atoms with Crippen molar-refractivity contribution in [1.29, 1.82) is 0 Å². The molecule has 90 valence electrons. The van der Waals surface area contributed by atoms with E-state index in [1.807, 2.05) is 13.0 Å². The van der Waals surface area contributed by atoms with Gasteiger partial charge in [0.2, 0.25) is 0 Å². The third-order valence-electron chi connectivity index (χ3n) is 2.34. The molecule has 0 spiro atoms. The summed E-state index contributed by atoms with van der Waals surface area (Å²) in [7, 11) is 0. The molecule has 1 rings (SSSR count). The largest absolute Gasteiger partial charge is 0.374 e. The van der Waals surface area contributed by atoms with Crippen LogP contribution in [0, 0.1) is 11.7 Å². The second-order valence-electron chi connectivity index (χ2n) is 4.49. The lowest BCUT2D eigenvalue weighted by Crippen LogP contribution is -2.11. The molecule has 1 aromatic carbocycles. The molecule has 0 saturated carbocycles. The van der Waals surface area contributed by atoms with Gasteiger partial charge in [0.1, 0.15) is 5.82 Å². The lowest BCUT2D eigenvalue weighted by atomic mass is 10.1. The van der Waals surface area contributed by atoms with Gasteiger partial charge in [-0.3, -0.25) is 0 Å². The molecule has 0 aliphatic heterocycles. The summed E-state index contributed by atoms with van der Waals surface area (Å²) >= 11 is 3.23. The van der Waals surface area contributed by atoms with E-state index in [2.05, 4.69) is 29.8 Å². The van der Waals surface area contributed by atoms with Crippen molar-refractivity contribution in [2.24, 2.45) is 5.92 Å². The summed E-state index contributed by atoms with van der Waals surface area (Å²) in [6.07, 6.45) is 1.17. The molecular weight excluding hydrogens is 271 g/mol. The van der Waals surface area contributed by atoms with Crippen molar-refractivity contribution in [3.63, 3.8) is 0 Å². The van der Waals surface area contributed by atoms with Gasteiger partial charge in [-0.25, -0.2) is 4.39 Å². The van der Waals surface area contributed by atoms with Crippen LogP contribution in [0.2, 0.25) is 0 Å². The van der Waals surface area contributed by atoms with E-state index in [0.717, 1.165) is 10.9 Å². The molecule has 0 aliphatic carbocycles. The maximum absolute atomic E-state index is 13.5. The third-order valence-corrected chi connectivity index (χ3v) is 2.84. The van der Waals surface area contributed by atoms with Gasteiger partial charge in [0.15, 0.2) is 0 Å². The van der Waals surface area contributed by atoms with Crippen LogP contribution >= 0.6 is 15.9 Å². The molecular formula is C13H18BrFO. The van der Waals surface area contributed by atoms with Crippen molar-refractivity contribution >= 4 is 15.9 Å². The first-order valence-electron chi connectivity index (χ1n) is 5.54. The Bertz CT molecular complexity index is 339. The van der Waals surface area contributed by atoms with E-state index in [4.69, 9.17) is 4.74 Å². The third kappa shape index (κ3) is 4.62. The molecule has 1 unspecified atom stereocenters. The first kappa shape index (κ1) is 13.7. The number of ether oxygens (including phenoxy) is 1. The predicted octanol–water partition coefficient (Wildman–Crippen LogP) is 4.54. The fourth-order valence-corrected chi connectivity index (χ4v) is 1.94. The zero-order valence-electron chi connectivity index (χ0n) is 9.97. The van der Waals surface area contributed by atoms with Gasteiger partial charge in [-0.2, -0.15) is 0 Å². The Kier molecular flexibility index (Phi) is 5.42. The SMILES string of the molecule is CC(C)CC(C)OCc1ccc(Br)cc1F. The summed E-state index contributed by atoms with van der Waals surface area (Å²) in [4.78, 5) is 0. The van der Waals surface area contributed by atoms with Crippen LogP contribution in [0.5, 0.6) is 0 Å². The highest BCUT2D eigenvalue weighted by Crippen LogP contribution is 2.17. The topological polar surface area (TPSA) is 9.23 Å². The Morgan fingerprint density at radius 2 is 2.00 bits per heavy atom. The van der Waals surface area contributed by atoms with E-state index >= 15 is 0 Å². The van der Waals surface area contributed by atoms with E-state index in [-0.39, 0.29) is 11.9 Å². The number of hydrogen-bond donors (Lipinski definition) is 0. The van der Waals surface area contributed by atoms with E-state index < -0.39 is 0 Å². The van der Waals surface area contributed by atoms with Crippen molar-refractivity contribution in [2.45, 2.75) is 39.9 Å². The molecule has 0 heterocycles. The highest BCUT2D eigenvalue weighted by Gasteiger charge is 2.08. The molecule has 16 heavy (non-hydrogen) atoms. The molecule has 3 heteroatoms. The molecule has 0 fully saturated rings. The summed E-state index contributed by atoms with van der Waals surface area (Å²) in [6.45, 7) is 6.67. The van der Waals surface area contributed by atoms with Crippen LogP contribution in [-0.4, -0.2) is 6.10 Å². The Balaban J connectivity index is 2.48. The molecule has 1 aromatic rings. The van der Waals surface area contributed by atoms with E-state index in [9.17, 15) is 4.39 Å². The molecule has 1 nitrogen and oxygen atoms in total. The van der Waals surface area contributed by atoms with Crippen molar-refractivity contribution < 1.29 is 9.13 Å². The second kappa shape index (κ2) is 6.36. The lowest BCUT2D eigenvalue weighted by molar-refractivity contribution is 0.0382. The van der Waals surface area contributed by atoms with Gasteiger partial charge in [-0.15, -0.1) is 0 Å². The maximum atomic E-state index is 13.5. The minimum absolute atomic E-state index is 0.169. The molecule has 0 N–H and O–H groups in total. The molecule has 1 atom stereocenters. The minimum atomic E-state index is -0.217. The predicted molar refractivity (Wildman–Crippen MR) is 67.8 cm³/mol. The Labute approximate surface area is 105 Å². The van der Waals surface area contributed by atoms with Crippen LogP contribution in [-0.2, 0) is 11.3 Å². The zero-order valence-corrected chi connectivity index (χ0v) is 11.6. The average molecular weight is 289 g/mol. The van der Waals surface area contributed by atoms with Gasteiger partial charge in [-0.05, 0) is 31.4 Å². The van der Waals surface area contributed by atoms with Crippen LogP contribution in [0.15, 0.2) is 22.7 Å². The molecule has 0 bridgehead atoms. The highest BCUT2D eigenvalue weighted by atomic mass is 79.9. The van der Waals surface area contributed by atoms with Gasteiger partial charge in [0.25, 0.3) is 0 Å². The fourth-order valence-electron chi connectivity index (χ4n) is 1.60. The van der Waals surface area contributed by atoms with E-state index in [1.54, 1.807) is 6.07 Å². The Hall–Kier alpha value is -0.410. The van der Waals surface area contributed by atoms with Crippen LogP contribution in [0.3, 0.4) is 0 Å². The summed E-state index contributed by atoms with van der Waals surface area (Å²) in [5, 5.41) is 0. The van der Waals surface area contributed by atoms with Gasteiger partial charge in [-0.1, -0.05) is 35.8 Å². The standard InChI is InChI=1S/C13H18BrFO/c1-9(2)6-10(3)16-8-11-4-5-12(14)7-13(11)15/h4-5,7,9-10H,6,8H2,1-3H3.